The highest BCUT2D eigenvalue weighted by atomic mass is 31.1. The lowest BCUT2D eigenvalue weighted by atomic mass is 9.70. The van der Waals surface area contributed by atoms with Crippen LogP contribution < -0.4 is 8.84 Å². The van der Waals surface area contributed by atoms with Gasteiger partial charge in [0.15, 0.2) is 0 Å². The number of rotatable bonds is 4. The van der Waals surface area contributed by atoms with Crippen molar-refractivity contribution in [3.63, 3.8) is 0 Å². The molecule has 2 unspecified atom stereocenters. The van der Waals surface area contributed by atoms with Crippen LogP contribution >= 0.6 is 7.51 Å². The molecule has 4 aromatic carbocycles. The van der Waals surface area contributed by atoms with Gasteiger partial charge in [0.05, 0.1) is 11.8 Å². The molecule has 2 atom stereocenters. The summed E-state index contributed by atoms with van der Waals surface area (Å²) in [5.41, 5.74) is 8.80. The zero-order valence-electron chi connectivity index (χ0n) is 25.1. The van der Waals surface area contributed by atoms with E-state index in [2.05, 4.69) is 79.5 Å². The van der Waals surface area contributed by atoms with Crippen molar-refractivity contribution < 1.29 is 0 Å². The summed E-state index contributed by atoms with van der Waals surface area (Å²) in [5, 5.41) is 5.85. The molecule has 3 fully saturated rings. The molecule has 3 saturated carbocycles. The van der Waals surface area contributed by atoms with E-state index in [1.54, 1.807) is 11.1 Å². The molecule has 8 rings (SSSR count). The summed E-state index contributed by atoms with van der Waals surface area (Å²) >= 11 is 0. The molecule has 4 aromatic rings. The van der Waals surface area contributed by atoms with Gasteiger partial charge in [0.1, 0.15) is 6.66 Å². The highest BCUT2D eigenvalue weighted by molar-refractivity contribution is 7.35. The van der Waals surface area contributed by atoms with E-state index in [4.69, 9.17) is 8.84 Å². The third-order valence-corrected chi connectivity index (χ3v) is 12.0. The second-order valence-corrected chi connectivity index (χ2v) is 14.8. The normalized spacial score (nSPS) is 24.2. The van der Waals surface area contributed by atoms with Gasteiger partial charge in [-0.25, -0.2) is 0 Å². The fraction of sp³-hybridized carbons (Fsp3) is 0.436. The highest BCUT2D eigenvalue weighted by Crippen LogP contribution is 2.46. The van der Waals surface area contributed by atoms with Gasteiger partial charge < -0.3 is 0 Å². The average Bonchev–Trinajstić information content (AvgIpc) is 3.45. The van der Waals surface area contributed by atoms with Gasteiger partial charge in [0.2, 0.25) is 0 Å². The smallest absolute Gasteiger partial charge is 0.0613 e. The Morgan fingerprint density at radius 1 is 0.476 bits per heavy atom. The van der Waals surface area contributed by atoms with Crippen LogP contribution in [0.3, 0.4) is 0 Å². The van der Waals surface area contributed by atoms with E-state index in [-0.39, 0.29) is 0 Å². The molecule has 0 amide bonds. The lowest BCUT2D eigenvalue weighted by Gasteiger charge is -2.28. The first-order chi connectivity index (χ1) is 20.8. The van der Waals surface area contributed by atoms with Crippen LogP contribution in [-0.2, 0) is 0 Å². The van der Waals surface area contributed by atoms with E-state index in [0.29, 0.717) is 23.7 Å². The van der Waals surface area contributed by atoms with Gasteiger partial charge in [-0.05, 0) is 94.2 Å². The Hall–Kier alpha value is -3.14. The molecule has 3 heteroatoms. The van der Waals surface area contributed by atoms with Gasteiger partial charge in [-0.15, -0.1) is 0 Å². The largest absolute Gasteiger partial charge is 0.636 e. The first-order valence-corrected chi connectivity index (χ1v) is 18.4. The van der Waals surface area contributed by atoms with Crippen molar-refractivity contribution in [2.45, 2.75) is 101 Å². The van der Waals surface area contributed by atoms with Gasteiger partial charge in [-0.3, -0.25) is 0 Å². The van der Waals surface area contributed by atoms with Gasteiger partial charge >= 0.3 is 18.9 Å². The summed E-state index contributed by atoms with van der Waals surface area (Å²) in [6.45, 7) is 2.24. The molecule has 42 heavy (non-hydrogen) atoms. The third-order valence-electron chi connectivity index (χ3n) is 11.0. The summed E-state index contributed by atoms with van der Waals surface area (Å²) in [6.07, 6.45) is 15.9. The average molecular weight is 571 g/mol. The van der Waals surface area contributed by atoms with Crippen LogP contribution in [0.2, 0.25) is 0 Å². The first-order valence-electron chi connectivity index (χ1n) is 16.7. The molecule has 0 N–H and O–H groups in total. The molecule has 1 aliphatic heterocycles. The lowest BCUT2D eigenvalue weighted by molar-refractivity contribution is 0.445. The van der Waals surface area contributed by atoms with Crippen molar-refractivity contribution in [1.82, 2.24) is 8.84 Å². The van der Waals surface area contributed by atoms with Crippen LogP contribution in [0.25, 0.3) is 21.5 Å². The van der Waals surface area contributed by atoms with Crippen LogP contribution in [0, 0.1) is 0 Å². The van der Waals surface area contributed by atoms with Crippen molar-refractivity contribution in [3.05, 3.63) is 95.1 Å². The number of hydrogen-bond donors (Lipinski definition) is 0. The van der Waals surface area contributed by atoms with E-state index < -0.39 is 7.51 Å². The summed E-state index contributed by atoms with van der Waals surface area (Å²) in [5.74, 6) is 2.06. The Kier molecular flexibility index (Phi) is 7.04. The van der Waals surface area contributed by atoms with E-state index in [1.807, 2.05) is 0 Å². The fourth-order valence-corrected chi connectivity index (χ4v) is 10.2. The van der Waals surface area contributed by atoms with Crippen LogP contribution in [0.4, 0.5) is 0 Å². The molecule has 3 aliphatic carbocycles. The monoisotopic (exact) mass is 570 g/mol. The van der Waals surface area contributed by atoms with Crippen LogP contribution in [-0.4, -0.2) is 18.1 Å². The van der Waals surface area contributed by atoms with Crippen LogP contribution in [0.15, 0.2) is 72.8 Å². The number of hydrogen-bond acceptors (Lipinski definition) is 0. The minimum absolute atomic E-state index is 0.341. The van der Waals surface area contributed by atoms with E-state index in [0.717, 1.165) is 12.8 Å². The summed E-state index contributed by atoms with van der Waals surface area (Å²) in [4.78, 5) is 0. The SMILES string of the molecule is CP1=[N+]=C2C(=[N+]=1)C(c1cccc3cccc(C4CCCCC4)c13)CCC2c1cccc2cccc(C3CCCCC3)c12. The van der Waals surface area contributed by atoms with E-state index in [1.165, 1.54) is 108 Å². The molecule has 1 heterocycles. The summed E-state index contributed by atoms with van der Waals surface area (Å²) < 4.78 is 10.7. The molecule has 0 radical (unpaired) electrons. The molecule has 4 aliphatic rings. The Labute approximate surface area is 251 Å². The van der Waals surface area contributed by atoms with E-state index in [9.17, 15) is 0 Å². The number of nitrogens with zero attached hydrogens (tertiary/aromatic N) is 2. The fourth-order valence-electron chi connectivity index (χ4n) is 9.03. The van der Waals surface area contributed by atoms with Gasteiger partial charge in [-0.2, -0.15) is 0 Å². The predicted molar refractivity (Wildman–Crippen MR) is 181 cm³/mol. The van der Waals surface area contributed by atoms with Crippen LogP contribution in [0.5, 0.6) is 0 Å². The van der Waals surface area contributed by atoms with Crippen molar-refractivity contribution in [3.8, 4) is 0 Å². The molecule has 2 nitrogen and oxygen atoms in total. The molecular formula is C39H43N2P+2. The Balaban J connectivity index is 1.23. The maximum absolute atomic E-state index is 5.36. The molecule has 0 saturated heterocycles. The third kappa shape index (κ3) is 4.57. The second-order valence-electron chi connectivity index (χ2n) is 13.4. The lowest BCUT2D eigenvalue weighted by Crippen LogP contribution is -2.35. The summed E-state index contributed by atoms with van der Waals surface area (Å²) in [6, 6.07) is 28.2. The zero-order valence-corrected chi connectivity index (χ0v) is 26.0. The van der Waals surface area contributed by atoms with Gasteiger partial charge in [0.25, 0.3) is 0 Å². The van der Waals surface area contributed by atoms with Crippen molar-refractivity contribution in [1.29, 1.82) is 0 Å². The van der Waals surface area contributed by atoms with Gasteiger partial charge in [0, 0.05) is 8.84 Å². The minimum Gasteiger partial charge on any atom is -0.0613 e. The van der Waals surface area contributed by atoms with Crippen molar-refractivity contribution in [2.24, 2.45) is 0 Å². The number of benzene rings is 4. The Morgan fingerprint density at radius 2 is 0.857 bits per heavy atom. The first kappa shape index (κ1) is 26.5. The molecule has 0 aromatic heterocycles. The maximum atomic E-state index is 5.36. The zero-order chi connectivity index (χ0) is 28.0. The predicted octanol–water partition coefficient (Wildman–Crippen LogP) is 10.3. The molecule has 212 valence electrons. The standard InChI is InChI=1S/C39H43N2P/c1-42-40-38-34(32-22-10-18-28-16-8-20-30(36(28)32)26-12-4-2-5-13-26)24-25-35(39(38)41-42)33-23-11-19-29-17-9-21-31(37(29)33)27-14-6-3-7-15-27/h8-11,16-23,26-27,34-35H,2-7,12-15,24-25H2,1H3/q+2. The quantitative estimate of drug-likeness (QED) is 0.172. The van der Waals surface area contributed by atoms with Crippen LogP contribution in [0.1, 0.15) is 123 Å². The minimum atomic E-state index is -0.699. The molecule has 0 bridgehead atoms. The van der Waals surface area contributed by atoms with Crippen molar-refractivity contribution >= 4 is 40.5 Å². The molecular weight excluding hydrogens is 527 g/mol. The maximum Gasteiger partial charge on any atom is 0.636 e. The Morgan fingerprint density at radius 3 is 1.26 bits per heavy atom. The van der Waals surface area contributed by atoms with Crippen molar-refractivity contribution in [2.75, 3.05) is 6.66 Å². The summed E-state index contributed by atoms with van der Waals surface area (Å²) in [7, 11) is -0.699. The van der Waals surface area contributed by atoms with E-state index >= 15 is 0 Å². The Bertz CT molecular complexity index is 1710. The molecule has 0 spiro atoms. The number of fused-ring (bicyclic) bond motifs is 3. The van der Waals surface area contributed by atoms with Gasteiger partial charge in [-0.1, -0.05) is 111 Å². The highest BCUT2D eigenvalue weighted by Gasteiger charge is 2.52. The topological polar surface area (TPSA) is 28.2 Å². The second kappa shape index (κ2) is 11.2.